The predicted octanol–water partition coefficient (Wildman–Crippen LogP) is 2.65. The molecular formula is C17H21NO4. The molecule has 0 fully saturated rings. The number of benzene rings is 1. The fourth-order valence-electron chi connectivity index (χ4n) is 2.27. The van der Waals surface area contributed by atoms with Gasteiger partial charge in [-0.15, -0.1) is 0 Å². The van der Waals surface area contributed by atoms with Crippen LogP contribution in [0.3, 0.4) is 0 Å². The van der Waals surface area contributed by atoms with E-state index in [1.54, 1.807) is 13.8 Å². The molecule has 1 aromatic rings. The maximum absolute atomic E-state index is 12.5. The third-order valence-electron chi connectivity index (χ3n) is 3.34. The normalized spacial score (nSPS) is 10.6. The Morgan fingerprint density at radius 2 is 1.64 bits per heavy atom. The zero-order valence-electron chi connectivity index (χ0n) is 13.0. The molecule has 1 aromatic carbocycles. The zero-order chi connectivity index (χ0) is 16.4. The molecule has 0 unspecified atom stereocenters. The molecule has 0 aromatic heterocycles. The van der Waals surface area contributed by atoms with Gasteiger partial charge in [-0.3, -0.25) is 9.59 Å². The van der Waals surface area contributed by atoms with E-state index in [0.717, 1.165) is 5.56 Å². The summed E-state index contributed by atoms with van der Waals surface area (Å²) < 4.78 is 10.2. The average molecular weight is 303 g/mol. The summed E-state index contributed by atoms with van der Waals surface area (Å²) in [5.74, 6) is -1.26. The zero-order valence-corrected chi connectivity index (χ0v) is 13.0. The monoisotopic (exact) mass is 303 g/mol. The summed E-state index contributed by atoms with van der Waals surface area (Å²) in [4.78, 5) is 24.9. The molecule has 0 bridgehead atoms. The number of esters is 2. The van der Waals surface area contributed by atoms with E-state index < -0.39 is 17.4 Å². The molecule has 0 aliphatic heterocycles. The second kappa shape index (κ2) is 8.83. The quantitative estimate of drug-likeness (QED) is 0.545. The molecule has 0 saturated heterocycles. The SMILES string of the molecule is CCOC(=O)C(CCC#N)(Cc1ccccc1)C(=O)OCC. The number of ether oxygens (including phenoxy) is 2. The molecule has 0 atom stereocenters. The van der Waals surface area contributed by atoms with Crippen molar-refractivity contribution >= 4 is 11.9 Å². The van der Waals surface area contributed by atoms with Crippen LogP contribution in [0.1, 0.15) is 32.3 Å². The minimum absolute atomic E-state index is 0.0739. The van der Waals surface area contributed by atoms with Gasteiger partial charge in [0, 0.05) is 6.42 Å². The molecule has 118 valence electrons. The molecule has 0 saturated carbocycles. The van der Waals surface area contributed by atoms with Gasteiger partial charge in [0.1, 0.15) is 0 Å². The lowest BCUT2D eigenvalue weighted by atomic mass is 9.77. The van der Waals surface area contributed by atoms with Crippen LogP contribution in [0.25, 0.3) is 0 Å². The van der Waals surface area contributed by atoms with Gasteiger partial charge < -0.3 is 9.47 Å². The summed E-state index contributed by atoms with van der Waals surface area (Å²) in [7, 11) is 0. The second-order valence-corrected chi connectivity index (χ2v) is 4.84. The van der Waals surface area contributed by atoms with Gasteiger partial charge in [-0.1, -0.05) is 30.3 Å². The third kappa shape index (κ3) is 4.32. The molecule has 0 aliphatic rings. The van der Waals surface area contributed by atoms with Gasteiger partial charge in [-0.25, -0.2) is 0 Å². The minimum atomic E-state index is -1.47. The fourth-order valence-corrected chi connectivity index (χ4v) is 2.27. The molecule has 22 heavy (non-hydrogen) atoms. The van der Waals surface area contributed by atoms with Crippen LogP contribution in [-0.2, 0) is 25.5 Å². The Kier molecular flexibility index (Phi) is 7.11. The summed E-state index contributed by atoms with van der Waals surface area (Å²) in [6, 6.07) is 11.2. The number of hydrogen-bond donors (Lipinski definition) is 0. The molecule has 1 rings (SSSR count). The van der Waals surface area contributed by atoms with Crippen molar-refractivity contribution < 1.29 is 19.1 Å². The summed E-state index contributed by atoms with van der Waals surface area (Å²) in [6.45, 7) is 3.70. The third-order valence-corrected chi connectivity index (χ3v) is 3.34. The highest BCUT2D eigenvalue weighted by molar-refractivity contribution is 6.00. The van der Waals surface area contributed by atoms with Crippen LogP contribution in [-0.4, -0.2) is 25.2 Å². The van der Waals surface area contributed by atoms with Crippen molar-refractivity contribution in [2.24, 2.45) is 5.41 Å². The summed E-state index contributed by atoms with van der Waals surface area (Å²) >= 11 is 0. The number of rotatable bonds is 8. The molecular weight excluding hydrogens is 282 g/mol. The van der Waals surface area contributed by atoms with Gasteiger partial charge in [0.25, 0.3) is 0 Å². The summed E-state index contributed by atoms with van der Waals surface area (Å²) in [5, 5.41) is 8.86. The standard InChI is InChI=1S/C17H21NO4/c1-3-21-15(19)17(11-8-12-18,16(20)22-4-2)13-14-9-6-5-7-10-14/h5-7,9-10H,3-4,8,11,13H2,1-2H3. The van der Waals surface area contributed by atoms with E-state index in [2.05, 4.69) is 0 Å². The maximum Gasteiger partial charge on any atom is 0.323 e. The molecule has 0 aliphatic carbocycles. The van der Waals surface area contributed by atoms with E-state index in [1.807, 2.05) is 36.4 Å². The molecule has 5 heteroatoms. The molecule has 0 radical (unpaired) electrons. The molecule has 5 nitrogen and oxygen atoms in total. The van der Waals surface area contributed by atoms with E-state index in [4.69, 9.17) is 14.7 Å². The lowest BCUT2D eigenvalue weighted by Gasteiger charge is -2.28. The van der Waals surface area contributed by atoms with Crippen LogP contribution in [0, 0.1) is 16.7 Å². The van der Waals surface area contributed by atoms with Crippen LogP contribution in [0.2, 0.25) is 0 Å². The molecule has 0 spiro atoms. The van der Waals surface area contributed by atoms with Crippen molar-refractivity contribution in [2.75, 3.05) is 13.2 Å². The Morgan fingerprint density at radius 3 is 2.09 bits per heavy atom. The smallest absolute Gasteiger partial charge is 0.323 e. The van der Waals surface area contributed by atoms with Crippen molar-refractivity contribution in [1.29, 1.82) is 5.26 Å². The van der Waals surface area contributed by atoms with Gasteiger partial charge in [-0.05, 0) is 32.3 Å². The first-order chi connectivity index (χ1) is 10.6. The van der Waals surface area contributed by atoms with E-state index >= 15 is 0 Å². The summed E-state index contributed by atoms with van der Waals surface area (Å²) in [5.41, 5.74) is -0.648. The summed E-state index contributed by atoms with van der Waals surface area (Å²) in [6.07, 6.45) is 0.313. The first-order valence-electron chi connectivity index (χ1n) is 7.36. The maximum atomic E-state index is 12.5. The lowest BCUT2D eigenvalue weighted by Crippen LogP contribution is -2.44. The first kappa shape index (κ1) is 17.7. The van der Waals surface area contributed by atoms with Gasteiger partial charge in [0.2, 0.25) is 0 Å². The van der Waals surface area contributed by atoms with Crippen LogP contribution < -0.4 is 0 Å². The highest BCUT2D eigenvalue weighted by Gasteiger charge is 2.48. The van der Waals surface area contributed by atoms with Crippen LogP contribution in [0.5, 0.6) is 0 Å². The van der Waals surface area contributed by atoms with Gasteiger partial charge in [-0.2, -0.15) is 5.26 Å². The van der Waals surface area contributed by atoms with Crippen LogP contribution >= 0.6 is 0 Å². The predicted molar refractivity (Wildman–Crippen MR) is 80.7 cm³/mol. The molecule has 0 amide bonds. The van der Waals surface area contributed by atoms with Gasteiger partial charge in [0.05, 0.1) is 19.3 Å². The molecule has 0 heterocycles. The van der Waals surface area contributed by atoms with E-state index in [1.165, 1.54) is 0 Å². The fraction of sp³-hybridized carbons (Fsp3) is 0.471. The van der Waals surface area contributed by atoms with Gasteiger partial charge in [0.15, 0.2) is 5.41 Å². The minimum Gasteiger partial charge on any atom is -0.465 e. The first-order valence-corrected chi connectivity index (χ1v) is 7.36. The number of carbonyl (C=O) groups excluding carboxylic acids is 2. The number of nitriles is 1. The van der Waals surface area contributed by atoms with Gasteiger partial charge >= 0.3 is 11.9 Å². The molecule has 0 N–H and O–H groups in total. The van der Waals surface area contributed by atoms with Crippen LogP contribution in [0.15, 0.2) is 30.3 Å². The van der Waals surface area contributed by atoms with E-state index in [0.29, 0.717) is 0 Å². The number of hydrogen-bond acceptors (Lipinski definition) is 5. The Balaban J connectivity index is 3.20. The average Bonchev–Trinajstić information content (AvgIpc) is 2.52. The van der Waals surface area contributed by atoms with E-state index in [9.17, 15) is 9.59 Å². The van der Waals surface area contributed by atoms with E-state index in [-0.39, 0.29) is 32.5 Å². The highest BCUT2D eigenvalue weighted by atomic mass is 16.6. The number of carbonyl (C=O) groups is 2. The largest absolute Gasteiger partial charge is 0.465 e. The Bertz CT molecular complexity index is 515. The number of nitrogens with zero attached hydrogens (tertiary/aromatic N) is 1. The second-order valence-electron chi connectivity index (χ2n) is 4.84. The van der Waals surface area contributed by atoms with Crippen molar-refractivity contribution in [2.45, 2.75) is 33.1 Å². The highest BCUT2D eigenvalue weighted by Crippen LogP contribution is 2.32. The Morgan fingerprint density at radius 1 is 1.09 bits per heavy atom. The Hall–Kier alpha value is -2.35. The van der Waals surface area contributed by atoms with Crippen molar-refractivity contribution in [3.8, 4) is 6.07 Å². The lowest BCUT2D eigenvalue weighted by molar-refractivity contribution is -0.172. The topological polar surface area (TPSA) is 76.4 Å². The van der Waals surface area contributed by atoms with Crippen molar-refractivity contribution in [3.05, 3.63) is 35.9 Å². The van der Waals surface area contributed by atoms with Crippen molar-refractivity contribution in [3.63, 3.8) is 0 Å². The van der Waals surface area contributed by atoms with Crippen molar-refractivity contribution in [1.82, 2.24) is 0 Å². The van der Waals surface area contributed by atoms with Crippen LogP contribution in [0.4, 0.5) is 0 Å². The Labute approximate surface area is 130 Å².